The Morgan fingerprint density at radius 3 is 2.50 bits per heavy atom. The molecule has 0 bridgehead atoms. The highest BCUT2D eigenvalue weighted by Crippen LogP contribution is 2.10. The average Bonchev–Trinajstić information content (AvgIpc) is 2.65. The maximum Gasteiger partial charge on any atom is 0.267 e. The Kier molecular flexibility index (Phi) is 2.23. The molecule has 0 saturated carbocycles. The van der Waals surface area contributed by atoms with Gasteiger partial charge in [0.2, 0.25) is 0 Å². The molecule has 1 aromatic carbocycles. The van der Waals surface area contributed by atoms with Crippen LogP contribution in [-0.2, 0) is 7.05 Å². The number of anilines is 1. The molecule has 2 aromatic rings. The molecule has 72 valence electrons. The topological polar surface area (TPSA) is 12.1 Å². The van der Waals surface area contributed by atoms with Gasteiger partial charge in [-0.1, -0.05) is 18.2 Å². The third-order valence-electron chi connectivity index (χ3n) is 2.23. The lowest BCUT2D eigenvalue weighted by molar-refractivity contribution is -0.671. The first-order chi connectivity index (χ1) is 6.77. The predicted octanol–water partition coefficient (Wildman–Crippen LogP) is 1.21. The molecule has 2 rings (SSSR count). The number of para-hydroxylation sites is 1. The standard InChI is InChI=1S/C11H14N3/c1-12-8-9-14(10-12)13(2)11-6-4-3-5-7-11/h3-10H,1-2H3/q+1. The van der Waals surface area contributed by atoms with Crippen molar-refractivity contribution in [1.29, 1.82) is 0 Å². The zero-order valence-electron chi connectivity index (χ0n) is 8.46. The summed E-state index contributed by atoms with van der Waals surface area (Å²) in [6, 6.07) is 10.3. The van der Waals surface area contributed by atoms with Gasteiger partial charge in [-0.05, 0) is 12.1 Å². The van der Waals surface area contributed by atoms with Crippen LogP contribution in [0.3, 0.4) is 0 Å². The number of nitrogens with zero attached hydrogens (tertiary/aromatic N) is 3. The van der Waals surface area contributed by atoms with E-state index in [4.69, 9.17) is 0 Å². The highest BCUT2D eigenvalue weighted by Gasteiger charge is 2.07. The van der Waals surface area contributed by atoms with E-state index in [1.165, 1.54) is 5.69 Å². The molecule has 0 aliphatic carbocycles. The Morgan fingerprint density at radius 2 is 1.93 bits per heavy atom. The van der Waals surface area contributed by atoms with Gasteiger partial charge in [0, 0.05) is 7.05 Å². The van der Waals surface area contributed by atoms with Crippen LogP contribution in [-0.4, -0.2) is 11.7 Å². The third kappa shape index (κ3) is 1.62. The van der Waals surface area contributed by atoms with Crippen molar-refractivity contribution in [3.8, 4) is 0 Å². The van der Waals surface area contributed by atoms with E-state index in [9.17, 15) is 0 Å². The first-order valence-electron chi connectivity index (χ1n) is 4.59. The third-order valence-corrected chi connectivity index (χ3v) is 2.23. The second-order valence-electron chi connectivity index (χ2n) is 3.32. The highest BCUT2D eigenvalue weighted by atomic mass is 15.5. The predicted molar refractivity (Wildman–Crippen MR) is 55.9 cm³/mol. The number of benzene rings is 1. The summed E-state index contributed by atoms with van der Waals surface area (Å²) in [5.41, 5.74) is 1.17. The SMILES string of the molecule is CN(c1ccccc1)n1cc[n+](C)c1. The van der Waals surface area contributed by atoms with Crippen LogP contribution >= 0.6 is 0 Å². The molecule has 0 N–H and O–H groups in total. The van der Waals surface area contributed by atoms with Gasteiger partial charge >= 0.3 is 0 Å². The van der Waals surface area contributed by atoms with Crippen LogP contribution in [0.2, 0.25) is 0 Å². The fraction of sp³-hybridized carbons (Fsp3) is 0.182. The summed E-state index contributed by atoms with van der Waals surface area (Å²) >= 11 is 0. The van der Waals surface area contributed by atoms with Crippen LogP contribution in [0.15, 0.2) is 49.1 Å². The van der Waals surface area contributed by atoms with Gasteiger partial charge in [0.05, 0.1) is 12.7 Å². The number of aryl methyl sites for hydroxylation is 1. The first kappa shape index (κ1) is 8.81. The maximum atomic E-state index is 2.08. The van der Waals surface area contributed by atoms with Crippen molar-refractivity contribution in [2.75, 3.05) is 12.1 Å². The van der Waals surface area contributed by atoms with E-state index >= 15 is 0 Å². The van der Waals surface area contributed by atoms with Crippen molar-refractivity contribution in [1.82, 2.24) is 4.68 Å². The Balaban J connectivity index is 2.29. The number of hydrogen-bond donors (Lipinski definition) is 0. The molecule has 0 saturated heterocycles. The van der Waals surface area contributed by atoms with Gasteiger partial charge in [0.15, 0.2) is 6.20 Å². The molecule has 1 heterocycles. The molecule has 0 atom stereocenters. The van der Waals surface area contributed by atoms with Crippen LogP contribution in [0.25, 0.3) is 0 Å². The van der Waals surface area contributed by atoms with Crippen molar-refractivity contribution in [3.63, 3.8) is 0 Å². The zero-order chi connectivity index (χ0) is 9.97. The van der Waals surface area contributed by atoms with Gasteiger partial charge in [0.25, 0.3) is 6.33 Å². The fourth-order valence-electron chi connectivity index (χ4n) is 1.39. The minimum Gasteiger partial charge on any atom is -0.238 e. The second kappa shape index (κ2) is 3.54. The fourth-order valence-corrected chi connectivity index (χ4v) is 1.39. The minimum atomic E-state index is 1.17. The van der Waals surface area contributed by atoms with E-state index in [2.05, 4.69) is 17.1 Å². The largest absolute Gasteiger partial charge is 0.267 e. The lowest BCUT2D eigenvalue weighted by atomic mass is 10.3. The van der Waals surface area contributed by atoms with Crippen LogP contribution in [0.1, 0.15) is 0 Å². The van der Waals surface area contributed by atoms with Crippen LogP contribution in [0, 0.1) is 0 Å². The molecular formula is C11H14N3+. The van der Waals surface area contributed by atoms with Crippen molar-refractivity contribution < 1.29 is 4.57 Å². The second-order valence-corrected chi connectivity index (χ2v) is 3.32. The lowest BCUT2D eigenvalue weighted by Gasteiger charge is -2.13. The average molecular weight is 188 g/mol. The lowest BCUT2D eigenvalue weighted by Crippen LogP contribution is -2.28. The summed E-state index contributed by atoms with van der Waals surface area (Å²) in [6.45, 7) is 0. The molecule has 1 aromatic heterocycles. The van der Waals surface area contributed by atoms with Crippen molar-refractivity contribution in [2.45, 2.75) is 0 Å². The Labute approximate surface area is 83.8 Å². The van der Waals surface area contributed by atoms with E-state index in [0.29, 0.717) is 0 Å². The Hall–Kier alpha value is -1.77. The van der Waals surface area contributed by atoms with Crippen molar-refractivity contribution >= 4 is 5.69 Å². The number of rotatable bonds is 2. The van der Waals surface area contributed by atoms with Crippen molar-refractivity contribution in [3.05, 3.63) is 49.1 Å². The van der Waals surface area contributed by atoms with Crippen LogP contribution in [0.5, 0.6) is 0 Å². The smallest absolute Gasteiger partial charge is 0.238 e. The molecule has 0 spiro atoms. The summed E-state index contributed by atoms with van der Waals surface area (Å²) in [7, 11) is 4.05. The van der Waals surface area contributed by atoms with E-state index in [0.717, 1.165) is 0 Å². The van der Waals surface area contributed by atoms with Crippen LogP contribution < -0.4 is 9.58 Å². The highest BCUT2D eigenvalue weighted by molar-refractivity contribution is 5.44. The normalized spacial score (nSPS) is 10.1. The van der Waals surface area contributed by atoms with Crippen LogP contribution in [0.4, 0.5) is 5.69 Å². The van der Waals surface area contributed by atoms with Gasteiger partial charge in [0.1, 0.15) is 6.20 Å². The minimum absolute atomic E-state index is 1.17. The molecule has 3 nitrogen and oxygen atoms in total. The molecule has 0 radical (unpaired) electrons. The summed E-state index contributed by atoms with van der Waals surface area (Å²) < 4.78 is 4.05. The summed E-state index contributed by atoms with van der Waals surface area (Å²) in [6.07, 6.45) is 6.06. The van der Waals surface area contributed by atoms with Gasteiger partial charge in [-0.2, -0.15) is 0 Å². The molecule has 0 aliphatic rings. The van der Waals surface area contributed by atoms with E-state index in [-0.39, 0.29) is 0 Å². The number of hydrogen-bond acceptors (Lipinski definition) is 1. The maximum absolute atomic E-state index is 2.08. The number of imidazole rings is 1. The zero-order valence-corrected chi connectivity index (χ0v) is 8.46. The first-order valence-corrected chi connectivity index (χ1v) is 4.59. The van der Waals surface area contributed by atoms with Gasteiger partial charge in [-0.15, -0.1) is 4.68 Å². The van der Waals surface area contributed by atoms with Gasteiger partial charge in [-0.25, -0.2) is 9.58 Å². The van der Waals surface area contributed by atoms with E-state index < -0.39 is 0 Å². The quantitative estimate of drug-likeness (QED) is 0.645. The summed E-state index contributed by atoms with van der Waals surface area (Å²) in [5.74, 6) is 0. The van der Waals surface area contributed by atoms with E-state index in [1.807, 2.05) is 60.3 Å². The van der Waals surface area contributed by atoms with Gasteiger partial charge in [-0.3, -0.25) is 0 Å². The molecule has 0 aliphatic heterocycles. The molecule has 0 fully saturated rings. The van der Waals surface area contributed by atoms with Gasteiger partial charge < -0.3 is 0 Å². The summed E-state index contributed by atoms with van der Waals surface area (Å²) in [4.78, 5) is 0. The monoisotopic (exact) mass is 188 g/mol. The summed E-state index contributed by atoms with van der Waals surface area (Å²) in [5, 5.41) is 2.08. The molecule has 0 unspecified atom stereocenters. The molecule has 3 heteroatoms. The van der Waals surface area contributed by atoms with Crippen molar-refractivity contribution in [2.24, 2.45) is 7.05 Å². The van der Waals surface area contributed by atoms with E-state index in [1.54, 1.807) is 0 Å². The molecule has 14 heavy (non-hydrogen) atoms. The Morgan fingerprint density at radius 1 is 1.21 bits per heavy atom. The number of aromatic nitrogens is 2. The molecule has 0 amide bonds. The Bertz CT molecular complexity index is 405. The molecular weight excluding hydrogens is 174 g/mol.